The van der Waals surface area contributed by atoms with Crippen LogP contribution in [0.4, 0.5) is 5.69 Å². The highest BCUT2D eigenvalue weighted by Crippen LogP contribution is 2.22. The summed E-state index contributed by atoms with van der Waals surface area (Å²) in [4.78, 5) is 12.1. The second kappa shape index (κ2) is 5.29. The van der Waals surface area contributed by atoms with Crippen molar-refractivity contribution in [3.63, 3.8) is 0 Å². The van der Waals surface area contributed by atoms with Crippen LogP contribution in [0.3, 0.4) is 0 Å². The first kappa shape index (κ1) is 12.6. The van der Waals surface area contributed by atoms with Crippen molar-refractivity contribution in [3.05, 3.63) is 65.7 Å². The van der Waals surface area contributed by atoms with E-state index in [1.807, 2.05) is 61.5 Å². The molecule has 0 aliphatic carbocycles. The standard InChI is InChI=1S/C17H16N2O/c1-13-7-9-15(10-8-13)19-17(20)12-11-16(18-19)14-5-3-2-4-6-14/h2-10H,11-12H2,1H3. The molecular weight excluding hydrogens is 248 g/mol. The van der Waals surface area contributed by atoms with Gasteiger partial charge in [0.2, 0.25) is 5.91 Å². The third kappa shape index (κ3) is 2.48. The van der Waals surface area contributed by atoms with Gasteiger partial charge in [-0.1, -0.05) is 48.0 Å². The van der Waals surface area contributed by atoms with Crippen molar-refractivity contribution in [2.24, 2.45) is 5.10 Å². The highest BCUT2D eigenvalue weighted by atomic mass is 16.2. The molecule has 100 valence electrons. The molecule has 3 heteroatoms. The highest BCUT2D eigenvalue weighted by Gasteiger charge is 2.22. The minimum Gasteiger partial charge on any atom is -0.273 e. The predicted octanol–water partition coefficient (Wildman–Crippen LogP) is 3.53. The number of nitrogens with zero attached hydrogens (tertiary/aromatic N) is 2. The Morgan fingerprint density at radius 1 is 0.950 bits per heavy atom. The summed E-state index contributed by atoms with van der Waals surface area (Å²) in [6, 6.07) is 17.9. The van der Waals surface area contributed by atoms with Gasteiger partial charge in [0.25, 0.3) is 0 Å². The van der Waals surface area contributed by atoms with E-state index in [-0.39, 0.29) is 5.91 Å². The Kier molecular flexibility index (Phi) is 3.33. The van der Waals surface area contributed by atoms with Crippen LogP contribution in [0.2, 0.25) is 0 Å². The van der Waals surface area contributed by atoms with Gasteiger partial charge < -0.3 is 0 Å². The first-order chi connectivity index (χ1) is 9.74. The molecule has 0 N–H and O–H groups in total. The molecule has 0 fully saturated rings. The molecule has 1 amide bonds. The van der Waals surface area contributed by atoms with Crippen LogP contribution in [-0.2, 0) is 4.79 Å². The van der Waals surface area contributed by atoms with Gasteiger partial charge in [-0.25, -0.2) is 5.01 Å². The van der Waals surface area contributed by atoms with E-state index in [2.05, 4.69) is 5.10 Å². The van der Waals surface area contributed by atoms with Gasteiger partial charge in [-0.05, 0) is 24.6 Å². The molecule has 3 nitrogen and oxygen atoms in total. The lowest BCUT2D eigenvalue weighted by atomic mass is 10.0. The summed E-state index contributed by atoms with van der Waals surface area (Å²) in [6.45, 7) is 2.03. The van der Waals surface area contributed by atoms with Gasteiger partial charge in [-0.3, -0.25) is 4.79 Å². The summed E-state index contributed by atoms with van der Waals surface area (Å²) in [5.74, 6) is 0.0496. The van der Waals surface area contributed by atoms with E-state index < -0.39 is 0 Å². The van der Waals surface area contributed by atoms with Crippen LogP contribution in [0.1, 0.15) is 24.0 Å². The summed E-state index contributed by atoms with van der Waals surface area (Å²) in [5, 5.41) is 6.05. The fraction of sp³-hybridized carbons (Fsp3) is 0.176. The summed E-state index contributed by atoms with van der Waals surface area (Å²) >= 11 is 0. The number of carbonyl (C=O) groups is 1. The quantitative estimate of drug-likeness (QED) is 0.816. The van der Waals surface area contributed by atoms with Crippen LogP contribution >= 0.6 is 0 Å². The maximum atomic E-state index is 12.1. The summed E-state index contributed by atoms with van der Waals surface area (Å²) in [7, 11) is 0. The Labute approximate surface area is 118 Å². The molecule has 0 spiro atoms. The second-order valence-electron chi connectivity index (χ2n) is 4.95. The average molecular weight is 264 g/mol. The first-order valence-corrected chi connectivity index (χ1v) is 6.76. The number of benzene rings is 2. The molecular formula is C17H16N2O. The van der Waals surface area contributed by atoms with Gasteiger partial charge in [0, 0.05) is 12.8 Å². The number of rotatable bonds is 2. The monoisotopic (exact) mass is 264 g/mol. The normalized spacial score (nSPS) is 15.2. The SMILES string of the molecule is Cc1ccc(N2N=C(c3ccccc3)CCC2=O)cc1. The smallest absolute Gasteiger partial charge is 0.247 e. The number of anilines is 1. The Balaban J connectivity index is 1.97. The minimum absolute atomic E-state index is 0.0496. The molecule has 2 aromatic rings. The third-order valence-electron chi connectivity index (χ3n) is 3.42. The van der Waals surface area contributed by atoms with Gasteiger partial charge >= 0.3 is 0 Å². The molecule has 0 unspecified atom stereocenters. The van der Waals surface area contributed by atoms with E-state index in [0.29, 0.717) is 12.8 Å². The molecule has 1 heterocycles. The van der Waals surface area contributed by atoms with Crippen molar-refractivity contribution >= 4 is 17.3 Å². The van der Waals surface area contributed by atoms with Gasteiger partial charge in [0.1, 0.15) is 0 Å². The Morgan fingerprint density at radius 2 is 1.65 bits per heavy atom. The lowest BCUT2D eigenvalue weighted by molar-refractivity contribution is -0.118. The first-order valence-electron chi connectivity index (χ1n) is 6.76. The van der Waals surface area contributed by atoms with Crippen molar-refractivity contribution in [3.8, 4) is 0 Å². The Morgan fingerprint density at radius 3 is 2.35 bits per heavy atom. The maximum absolute atomic E-state index is 12.1. The lowest BCUT2D eigenvalue weighted by Gasteiger charge is -2.23. The van der Waals surface area contributed by atoms with E-state index in [4.69, 9.17) is 0 Å². The Hall–Kier alpha value is -2.42. The van der Waals surface area contributed by atoms with Crippen LogP contribution in [0.5, 0.6) is 0 Å². The van der Waals surface area contributed by atoms with Crippen LogP contribution in [0, 0.1) is 6.92 Å². The molecule has 2 aromatic carbocycles. The van der Waals surface area contributed by atoms with Gasteiger partial charge in [-0.2, -0.15) is 5.10 Å². The number of hydrazone groups is 1. The van der Waals surface area contributed by atoms with E-state index in [9.17, 15) is 4.79 Å². The predicted molar refractivity (Wildman–Crippen MR) is 80.9 cm³/mol. The molecule has 1 aliphatic heterocycles. The number of hydrogen-bond donors (Lipinski definition) is 0. The summed E-state index contributed by atoms with van der Waals surface area (Å²) in [5.41, 5.74) is 4.04. The van der Waals surface area contributed by atoms with Crippen molar-refractivity contribution in [1.29, 1.82) is 0 Å². The zero-order chi connectivity index (χ0) is 13.9. The van der Waals surface area contributed by atoms with Crippen molar-refractivity contribution in [2.75, 3.05) is 5.01 Å². The van der Waals surface area contributed by atoms with E-state index in [1.165, 1.54) is 10.6 Å². The minimum atomic E-state index is 0.0496. The molecule has 3 rings (SSSR count). The van der Waals surface area contributed by atoms with E-state index >= 15 is 0 Å². The number of hydrogen-bond acceptors (Lipinski definition) is 2. The maximum Gasteiger partial charge on any atom is 0.247 e. The molecule has 0 saturated heterocycles. The largest absolute Gasteiger partial charge is 0.273 e. The fourth-order valence-corrected chi connectivity index (χ4v) is 2.28. The van der Waals surface area contributed by atoms with Gasteiger partial charge in [0.15, 0.2) is 0 Å². The van der Waals surface area contributed by atoms with Gasteiger partial charge in [-0.15, -0.1) is 0 Å². The lowest BCUT2D eigenvalue weighted by Crippen LogP contribution is -2.31. The summed E-state index contributed by atoms with van der Waals surface area (Å²) in [6.07, 6.45) is 1.20. The molecule has 1 aliphatic rings. The van der Waals surface area contributed by atoms with Crippen molar-refractivity contribution in [1.82, 2.24) is 0 Å². The van der Waals surface area contributed by atoms with Crippen LogP contribution in [0.15, 0.2) is 59.7 Å². The van der Waals surface area contributed by atoms with Crippen molar-refractivity contribution in [2.45, 2.75) is 19.8 Å². The van der Waals surface area contributed by atoms with Crippen LogP contribution in [-0.4, -0.2) is 11.6 Å². The number of amides is 1. The molecule has 0 aromatic heterocycles. The van der Waals surface area contributed by atoms with Crippen LogP contribution < -0.4 is 5.01 Å². The Bertz CT molecular complexity index is 644. The molecule has 0 radical (unpaired) electrons. The van der Waals surface area contributed by atoms with Crippen molar-refractivity contribution < 1.29 is 4.79 Å². The summed E-state index contributed by atoms with van der Waals surface area (Å²) < 4.78 is 0. The van der Waals surface area contributed by atoms with E-state index in [0.717, 1.165) is 17.0 Å². The number of aryl methyl sites for hydroxylation is 1. The average Bonchev–Trinajstić information content (AvgIpc) is 2.50. The van der Waals surface area contributed by atoms with Crippen LogP contribution in [0.25, 0.3) is 0 Å². The fourth-order valence-electron chi connectivity index (χ4n) is 2.28. The zero-order valence-electron chi connectivity index (χ0n) is 11.4. The van der Waals surface area contributed by atoms with Gasteiger partial charge in [0.05, 0.1) is 11.4 Å². The molecule has 0 saturated carbocycles. The third-order valence-corrected chi connectivity index (χ3v) is 3.42. The highest BCUT2D eigenvalue weighted by molar-refractivity contribution is 6.08. The molecule has 0 atom stereocenters. The topological polar surface area (TPSA) is 32.7 Å². The second-order valence-corrected chi connectivity index (χ2v) is 4.95. The van der Waals surface area contributed by atoms with E-state index in [1.54, 1.807) is 0 Å². The molecule has 0 bridgehead atoms. The number of carbonyl (C=O) groups excluding carboxylic acids is 1. The zero-order valence-corrected chi connectivity index (χ0v) is 11.4. The molecule has 20 heavy (non-hydrogen) atoms.